The highest BCUT2D eigenvalue weighted by atomic mass is 32.2. The zero-order chi connectivity index (χ0) is 22.4. The Balaban J connectivity index is 1.90. The predicted molar refractivity (Wildman–Crippen MR) is 112 cm³/mol. The van der Waals surface area contributed by atoms with Crippen LogP contribution in [0.25, 0.3) is 32.4 Å². The smallest absolute Gasteiger partial charge is 0.325 e. The number of aryl methyl sites for hydroxylation is 1. The van der Waals surface area contributed by atoms with E-state index in [-0.39, 0.29) is 33.0 Å². The molecule has 0 aliphatic heterocycles. The van der Waals surface area contributed by atoms with Gasteiger partial charge in [0.15, 0.2) is 21.5 Å². The highest BCUT2D eigenvalue weighted by molar-refractivity contribution is 8.00. The lowest BCUT2D eigenvalue weighted by Gasteiger charge is -2.05. The van der Waals surface area contributed by atoms with E-state index in [0.29, 0.717) is 26.9 Å². The zero-order valence-electron chi connectivity index (χ0n) is 16.1. The molecular formula is C18H14F3N5O2S3. The van der Waals surface area contributed by atoms with Gasteiger partial charge in [-0.15, -0.1) is 11.3 Å². The summed E-state index contributed by atoms with van der Waals surface area (Å²) in [6.45, 7) is 1.54. The summed E-state index contributed by atoms with van der Waals surface area (Å²) in [5, 5.41) is -0.240. The average molecular weight is 486 g/mol. The number of thiophene rings is 1. The molecule has 0 N–H and O–H groups in total. The molecule has 31 heavy (non-hydrogen) atoms. The quantitative estimate of drug-likeness (QED) is 0.383. The Kier molecular flexibility index (Phi) is 5.52. The van der Waals surface area contributed by atoms with E-state index in [4.69, 9.17) is 0 Å². The van der Waals surface area contributed by atoms with Crippen LogP contribution in [0.1, 0.15) is 6.92 Å². The number of hydrogen-bond donors (Lipinski definition) is 0. The van der Waals surface area contributed by atoms with E-state index in [2.05, 4.69) is 19.9 Å². The first-order valence-electron chi connectivity index (χ1n) is 8.81. The third-order valence-electron chi connectivity index (χ3n) is 4.36. The van der Waals surface area contributed by atoms with Gasteiger partial charge >= 0.3 is 5.51 Å². The second-order valence-corrected chi connectivity index (χ2v) is 10.7. The second kappa shape index (κ2) is 7.88. The number of nitrogens with zero attached hydrogens (tertiary/aromatic N) is 5. The molecule has 0 aliphatic rings. The third-order valence-corrected chi connectivity index (χ3v) is 8.04. The lowest BCUT2D eigenvalue weighted by Crippen LogP contribution is -2.04. The van der Waals surface area contributed by atoms with Crippen molar-refractivity contribution in [2.24, 2.45) is 7.05 Å². The molecule has 0 bridgehead atoms. The summed E-state index contributed by atoms with van der Waals surface area (Å²) >= 11 is 0.827. The standard InChI is InChI=1S/C18H14F3N5O2S3/c1-3-31(27,28)13-8-12(16-22-5-4-6-23-16)29-15(13)17-25-10-7-14(30-18(19,20)21)24-9-11(10)26(17)2/h4-9H,3H2,1-2H3. The Bertz CT molecular complexity index is 1370. The highest BCUT2D eigenvalue weighted by Gasteiger charge is 2.31. The normalized spacial score (nSPS) is 12.5. The third kappa shape index (κ3) is 4.29. The van der Waals surface area contributed by atoms with Gasteiger partial charge in [0, 0.05) is 31.2 Å². The van der Waals surface area contributed by atoms with E-state index in [1.54, 1.807) is 30.1 Å². The first-order chi connectivity index (χ1) is 14.6. The monoisotopic (exact) mass is 485 g/mol. The number of aromatic nitrogens is 5. The van der Waals surface area contributed by atoms with Crippen molar-refractivity contribution in [2.45, 2.75) is 22.4 Å². The summed E-state index contributed by atoms with van der Waals surface area (Å²) in [5.41, 5.74) is -3.71. The molecule has 0 atom stereocenters. The van der Waals surface area contributed by atoms with Crippen LogP contribution in [0.4, 0.5) is 13.2 Å². The Hall–Kier alpha value is -2.51. The number of rotatable bonds is 5. The molecule has 4 aromatic rings. The molecule has 0 aliphatic carbocycles. The van der Waals surface area contributed by atoms with Crippen LogP contribution in [0.15, 0.2) is 46.7 Å². The van der Waals surface area contributed by atoms with E-state index >= 15 is 0 Å². The van der Waals surface area contributed by atoms with E-state index < -0.39 is 15.3 Å². The van der Waals surface area contributed by atoms with Gasteiger partial charge in [0.05, 0.1) is 37.6 Å². The summed E-state index contributed by atoms with van der Waals surface area (Å²) in [5.74, 6) is 0.560. The van der Waals surface area contributed by atoms with Gasteiger partial charge < -0.3 is 4.57 Å². The molecule has 0 aromatic carbocycles. The molecule has 162 valence electrons. The maximum absolute atomic E-state index is 12.8. The van der Waals surface area contributed by atoms with Crippen LogP contribution in [-0.2, 0) is 16.9 Å². The molecule has 0 saturated carbocycles. The lowest BCUT2D eigenvalue weighted by molar-refractivity contribution is -0.0329. The van der Waals surface area contributed by atoms with Gasteiger partial charge in [-0.25, -0.2) is 28.4 Å². The summed E-state index contributed by atoms with van der Waals surface area (Å²) in [6, 6.07) is 4.40. The molecule has 4 rings (SSSR count). The number of hydrogen-bond acceptors (Lipinski definition) is 8. The number of pyridine rings is 1. The summed E-state index contributed by atoms with van der Waals surface area (Å²) in [7, 11) is -1.96. The minimum Gasteiger partial charge on any atom is -0.325 e. The number of alkyl halides is 3. The number of fused-ring (bicyclic) bond motifs is 1. The van der Waals surface area contributed by atoms with Gasteiger partial charge in [-0.3, -0.25) is 0 Å². The SMILES string of the molecule is CCS(=O)(=O)c1cc(-c2ncccn2)sc1-c1nc2cc(SC(F)(F)F)ncc2n1C. The maximum atomic E-state index is 12.8. The van der Waals surface area contributed by atoms with E-state index in [1.807, 2.05) is 0 Å². The Morgan fingerprint density at radius 1 is 1.16 bits per heavy atom. The summed E-state index contributed by atoms with van der Waals surface area (Å²) in [4.78, 5) is 17.6. The fourth-order valence-electron chi connectivity index (χ4n) is 2.90. The van der Waals surface area contributed by atoms with Crippen LogP contribution < -0.4 is 0 Å². The highest BCUT2D eigenvalue weighted by Crippen LogP contribution is 2.41. The minimum absolute atomic E-state index is 0.0821. The van der Waals surface area contributed by atoms with Crippen LogP contribution in [-0.4, -0.2) is 44.2 Å². The van der Waals surface area contributed by atoms with E-state index in [1.165, 1.54) is 25.3 Å². The molecule has 13 heteroatoms. The number of thioether (sulfide) groups is 1. The fourth-order valence-corrected chi connectivity index (χ4v) is 6.00. The van der Waals surface area contributed by atoms with Gasteiger partial charge in [0.2, 0.25) is 0 Å². The molecule has 0 amide bonds. The Labute approximate surface area is 183 Å². The summed E-state index contributed by atoms with van der Waals surface area (Å²) < 4.78 is 65.2. The molecular weight excluding hydrogens is 471 g/mol. The molecule has 4 aromatic heterocycles. The lowest BCUT2D eigenvalue weighted by atomic mass is 10.4. The Morgan fingerprint density at radius 3 is 2.52 bits per heavy atom. The molecule has 0 unspecified atom stereocenters. The first-order valence-corrected chi connectivity index (χ1v) is 12.1. The van der Waals surface area contributed by atoms with Crippen molar-refractivity contribution in [1.29, 1.82) is 0 Å². The van der Waals surface area contributed by atoms with Crippen molar-refractivity contribution in [3.63, 3.8) is 0 Å². The number of sulfone groups is 1. The number of imidazole rings is 1. The Morgan fingerprint density at radius 2 is 1.87 bits per heavy atom. The molecule has 0 fully saturated rings. The van der Waals surface area contributed by atoms with Crippen molar-refractivity contribution in [1.82, 2.24) is 24.5 Å². The topological polar surface area (TPSA) is 90.6 Å². The summed E-state index contributed by atoms with van der Waals surface area (Å²) in [6.07, 6.45) is 4.40. The van der Waals surface area contributed by atoms with Crippen molar-refractivity contribution in [2.75, 3.05) is 5.75 Å². The van der Waals surface area contributed by atoms with Crippen LogP contribution in [0.3, 0.4) is 0 Å². The largest absolute Gasteiger partial charge is 0.447 e. The van der Waals surface area contributed by atoms with Crippen LogP contribution in [0.2, 0.25) is 0 Å². The molecule has 4 heterocycles. The van der Waals surface area contributed by atoms with Crippen LogP contribution in [0, 0.1) is 0 Å². The van der Waals surface area contributed by atoms with Crippen molar-refractivity contribution < 1.29 is 21.6 Å². The van der Waals surface area contributed by atoms with E-state index in [0.717, 1.165) is 11.3 Å². The van der Waals surface area contributed by atoms with Crippen LogP contribution >= 0.6 is 23.1 Å². The van der Waals surface area contributed by atoms with Gasteiger partial charge in [-0.1, -0.05) is 6.92 Å². The second-order valence-electron chi connectivity index (χ2n) is 6.33. The molecule has 0 spiro atoms. The zero-order valence-corrected chi connectivity index (χ0v) is 18.5. The first kappa shape index (κ1) is 21.7. The molecule has 0 saturated heterocycles. The molecule has 0 radical (unpaired) electrons. The van der Waals surface area contributed by atoms with Crippen LogP contribution in [0.5, 0.6) is 0 Å². The van der Waals surface area contributed by atoms with Gasteiger partial charge in [0.1, 0.15) is 5.03 Å². The predicted octanol–water partition coefficient (Wildman–Crippen LogP) is 4.56. The van der Waals surface area contributed by atoms with Crippen molar-refractivity contribution >= 4 is 44.0 Å². The molecule has 7 nitrogen and oxygen atoms in total. The van der Waals surface area contributed by atoms with E-state index in [9.17, 15) is 21.6 Å². The van der Waals surface area contributed by atoms with Gasteiger partial charge in [-0.05, 0) is 18.2 Å². The fraction of sp³-hybridized carbons (Fsp3) is 0.222. The number of halogens is 3. The van der Waals surface area contributed by atoms with Gasteiger partial charge in [-0.2, -0.15) is 13.2 Å². The average Bonchev–Trinajstić information content (AvgIpc) is 3.29. The maximum Gasteiger partial charge on any atom is 0.447 e. The van der Waals surface area contributed by atoms with Crippen molar-refractivity contribution in [3.8, 4) is 21.4 Å². The van der Waals surface area contributed by atoms with Crippen molar-refractivity contribution in [3.05, 3.63) is 36.8 Å². The van der Waals surface area contributed by atoms with Gasteiger partial charge in [0.25, 0.3) is 0 Å². The minimum atomic E-state index is -4.47.